The second-order valence-electron chi connectivity index (χ2n) is 7.21. The third-order valence-electron chi connectivity index (χ3n) is 4.99. The molecule has 1 aromatic heterocycles. The molecular formula is C25H19FN4O. The van der Waals surface area contributed by atoms with Crippen molar-refractivity contribution in [2.24, 2.45) is 0 Å². The van der Waals surface area contributed by atoms with Crippen LogP contribution in [-0.4, -0.2) is 22.7 Å². The fourth-order valence-electron chi connectivity index (χ4n) is 3.34. The van der Waals surface area contributed by atoms with E-state index in [0.29, 0.717) is 28.2 Å². The number of anilines is 1. The average molecular weight is 410 g/mol. The van der Waals surface area contributed by atoms with Crippen molar-refractivity contribution >= 4 is 11.6 Å². The molecule has 1 heterocycles. The number of carbonyl (C=O) groups excluding carboxylic acids is 1. The first-order chi connectivity index (χ1) is 15.0. The summed E-state index contributed by atoms with van der Waals surface area (Å²) in [5.74, 6) is -0.608. The highest BCUT2D eigenvalue weighted by molar-refractivity contribution is 6.09. The second-order valence-corrected chi connectivity index (χ2v) is 7.21. The van der Waals surface area contributed by atoms with Gasteiger partial charge in [-0.05, 0) is 55.5 Å². The molecule has 1 amide bonds. The van der Waals surface area contributed by atoms with E-state index in [0.717, 1.165) is 11.1 Å². The van der Waals surface area contributed by atoms with Gasteiger partial charge >= 0.3 is 0 Å². The van der Waals surface area contributed by atoms with Crippen LogP contribution in [0.1, 0.15) is 21.5 Å². The number of carbonyl (C=O) groups is 1. The summed E-state index contributed by atoms with van der Waals surface area (Å²) in [5.41, 5.74) is 4.50. The summed E-state index contributed by atoms with van der Waals surface area (Å²) >= 11 is 0. The summed E-state index contributed by atoms with van der Waals surface area (Å²) < 4.78 is 14.9. The van der Waals surface area contributed by atoms with Crippen molar-refractivity contribution in [3.63, 3.8) is 0 Å². The number of benzene rings is 3. The Hall–Kier alpha value is -4.24. The lowest BCUT2D eigenvalue weighted by Gasteiger charge is -2.17. The summed E-state index contributed by atoms with van der Waals surface area (Å²) in [5, 5.41) is 13.8. The van der Waals surface area contributed by atoms with Crippen molar-refractivity contribution in [1.82, 2.24) is 9.78 Å². The van der Waals surface area contributed by atoms with Crippen molar-refractivity contribution in [3.05, 3.63) is 102 Å². The first-order valence-electron chi connectivity index (χ1n) is 9.67. The van der Waals surface area contributed by atoms with E-state index in [4.69, 9.17) is 0 Å². The predicted molar refractivity (Wildman–Crippen MR) is 118 cm³/mol. The summed E-state index contributed by atoms with van der Waals surface area (Å²) in [4.78, 5) is 14.9. The van der Waals surface area contributed by atoms with Crippen LogP contribution in [0.25, 0.3) is 16.9 Å². The second kappa shape index (κ2) is 8.25. The summed E-state index contributed by atoms with van der Waals surface area (Å²) in [6.45, 7) is 1.97. The Kier molecular flexibility index (Phi) is 5.33. The van der Waals surface area contributed by atoms with Crippen LogP contribution in [0.5, 0.6) is 0 Å². The van der Waals surface area contributed by atoms with Crippen LogP contribution >= 0.6 is 0 Å². The molecule has 0 saturated heterocycles. The molecule has 6 heteroatoms. The lowest BCUT2D eigenvalue weighted by Crippen LogP contribution is -2.26. The van der Waals surface area contributed by atoms with Gasteiger partial charge in [0.1, 0.15) is 11.5 Å². The zero-order valence-corrected chi connectivity index (χ0v) is 17.1. The van der Waals surface area contributed by atoms with Gasteiger partial charge < -0.3 is 4.90 Å². The summed E-state index contributed by atoms with van der Waals surface area (Å²) in [6, 6.07) is 22.6. The lowest BCUT2D eigenvalue weighted by molar-refractivity contribution is 0.0993. The maximum atomic E-state index is 13.5. The standard InChI is InChI=1S/C25H19FN4O/c1-17-5-3-7-19(13-17)24-23(16-30(28-24)21-11-9-20(26)10-12-21)25(31)29(2)22-8-4-6-18(14-22)15-27/h3-14,16H,1-2H3. The molecule has 0 aliphatic heterocycles. The minimum Gasteiger partial charge on any atom is -0.311 e. The highest BCUT2D eigenvalue weighted by atomic mass is 19.1. The quantitative estimate of drug-likeness (QED) is 0.468. The number of nitrogens with zero attached hydrogens (tertiary/aromatic N) is 4. The van der Waals surface area contributed by atoms with Crippen LogP contribution in [0.2, 0.25) is 0 Å². The number of hydrogen-bond donors (Lipinski definition) is 0. The van der Waals surface area contributed by atoms with Gasteiger partial charge in [-0.25, -0.2) is 9.07 Å². The van der Waals surface area contributed by atoms with Crippen LogP contribution < -0.4 is 4.90 Å². The molecule has 3 aromatic carbocycles. The van der Waals surface area contributed by atoms with Crippen LogP contribution in [-0.2, 0) is 0 Å². The molecule has 0 saturated carbocycles. The zero-order chi connectivity index (χ0) is 22.0. The fourth-order valence-corrected chi connectivity index (χ4v) is 3.34. The maximum Gasteiger partial charge on any atom is 0.261 e. The van der Waals surface area contributed by atoms with Crippen molar-refractivity contribution < 1.29 is 9.18 Å². The summed E-state index contributed by atoms with van der Waals surface area (Å²) in [6.07, 6.45) is 1.65. The topological polar surface area (TPSA) is 61.9 Å². The number of halogens is 1. The largest absolute Gasteiger partial charge is 0.311 e. The van der Waals surface area contributed by atoms with E-state index in [2.05, 4.69) is 11.2 Å². The van der Waals surface area contributed by atoms with Crippen molar-refractivity contribution in [2.45, 2.75) is 6.92 Å². The Morgan fingerprint density at radius 1 is 1.06 bits per heavy atom. The molecule has 0 radical (unpaired) electrons. The molecule has 0 N–H and O–H groups in total. The van der Waals surface area contributed by atoms with E-state index in [-0.39, 0.29) is 11.7 Å². The van der Waals surface area contributed by atoms with Crippen molar-refractivity contribution in [3.8, 4) is 23.0 Å². The van der Waals surface area contributed by atoms with Gasteiger partial charge in [0.25, 0.3) is 5.91 Å². The van der Waals surface area contributed by atoms with Crippen molar-refractivity contribution in [2.75, 3.05) is 11.9 Å². The highest BCUT2D eigenvalue weighted by Crippen LogP contribution is 2.27. The monoisotopic (exact) mass is 410 g/mol. The number of aryl methyl sites for hydroxylation is 1. The molecule has 4 aromatic rings. The van der Waals surface area contributed by atoms with Gasteiger partial charge in [-0.3, -0.25) is 4.79 Å². The smallest absolute Gasteiger partial charge is 0.261 e. The lowest BCUT2D eigenvalue weighted by atomic mass is 10.0. The number of nitriles is 1. The van der Waals surface area contributed by atoms with Crippen LogP contribution in [0, 0.1) is 24.1 Å². The Morgan fingerprint density at radius 3 is 2.52 bits per heavy atom. The normalized spacial score (nSPS) is 10.5. The Bertz CT molecular complexity index is 1300. The van der Waals surface area contributed by atoms with Gasteiger partial charge in [0.15, 0.2) is 0 Å². The first-order valence-corrected chi connectivity index (χ1v) is 9.67. The van der Waals surface area contributed by atoms with E-state index in [9.17, 15) is 14.4 Å². The molecular weight excluding hydrogens is 391 g/mol. The summed E-state index contributed by atoms with van der Waals surface area (Å²) in [7, 11) is 1.66. The number of aromatic nitrogens is 2. The first kappa shape index (κ1) is 20.0. The van der Waals surface area contributed by atoms with Crippen molar-refractivity contribution in [1.29, 1.82) is 5.26 Å². The van der Waals surface area contributed by atoms with E-state index in [1.165, 1.54) is 17.0 Å². The Labute approximate surface area is 179 Å². The average Bonchev–Trinajstić information content (AvgIpc) is 3.24. The molecule has 4 rings (SSSR count). The molecule has 0 aliphatic carbocycles. The Morgan fingerprint density at radius 2 is 1.81 bits per heavy atom. The molecule has 5 nitrogen and oxygen atoms in total. The van der Waals surface area contributed by atoms with Gasteiger partial charge in [-0.1, -0.05) is 29.8 Å². The van der Waals surface area contributed by atoms with Crippen LogP contribution in [0.3, 0.4) is 0 Å². The minimum absolute atomic E-state index is 0.264. The molecule has 0 atom stereocenters. The van der Waals surface area contributed by atoms with E-state index in [1.54, 1.807) is 54.3 Å². The highest BCUT2D eigenvalue weighted by Gasteiger charge is 2.23. The molecule has 152 valence electrons. The third kappa shape index (κ3) is 4.07. The van der Waals surface area contributed by atoms with Gasteiger partial charge in [0, 0.05) is 24.5 Å². The number of amides is 1. The zero-order valence-electron chi connectivity index (χ0n) is 17.1. The van der Waals surface area contributed by atoms with E-state index in [1.807, 2.05) is 31.2 Å². The molecule has 0 unspecified atom stereocenters. The third-order valence-corrected chi connectivity index (χ3v) is 4.99. The van der Waals surface area contributed by atoms with E-state index >= 15 is 0 Å². The maximum absolute atomic E-state index is 13.5. The van der Waals surface area contributed by atoms with Gasteiger partial charge in [-0.2, -0.15) is 10.4 Å². The van der Waals surface area contributed by atoms with Crippen LogP contribution in [0.4, 0.5) is 10.1 Å². The molecule has 0 aliphatic rings. The SMILES string of the molecule is Cc1cccc(-c2nn(-c3ccc(F)cc3)cc2C(=O)N(C)c2cccc(C#N)c2)c1. The van der Waals surface area contributed by atoms with Gasteiger partial charge in [0.2, 0.25) is 0 Å². The molecule has 0 fully saturated rings. The van der Waals surface area contributed by atoms with Crippen LogP contribution in [0.15, 0.2) is 79.0 Å². The minimum atomic E-state index is -0.344. The Balaban J connectivity index is 1.82. The molecule has 31 heavy (non-hydrogen) atoms. The number of rotatable bonds is 4. The van der Waals surface area contributed by atoms with Gasteiger partial charge in [0.05, 0.1) is 22.9 Å². The molecule has 0 spiro atoms. The van der Waals surface area contributed by atoms with E-state index < -0.39 is 0 Å². The predicted octanol–water partition coefficient (Wildman–Crippen LogP) is 5.14. The fraction of sp³-hybridized carbons (Fsp3) is 0.0800. The molecule has 0 bridgehead atoms. The number of hydrogen-bond acceptors (Lipinski definition) is 3. The van der Waals surface area contributed by atoms with Gasteiger partial charge in [-0.15, -0.1) is 0 Å².